The van der Waals surface area contributed by atoms with Gasteiger partial charge < -0.3 is 53.3 Å². The van der Waals surface area contributed by atoms with E-state index >= 15 is 0 Å². The van der Waals surface area contributed by atoms with E-state index in [4.69, 9.17) is 10.5 Å². The summed E-state index contributed by atoms with van der Waals surface area (Å²) in [6.45, 7) is -0.937. The molecule has 1 aliphatic heterocycles. The van der Waals surface area contributed by atoms with Crippen LogP contribution in [-0.4, -0.2) is 49.5 Å². The molecular weight excluding hydrogens is 412 g/mol. The molecule has 0 aromatic carbocycles. The van der Waals surface area contributed by atoms with Crippen LogP contribution in [0.15, 0.2) is 12.7 Å². The van der Waals surface area contributed by atoms with E-state index < -0.39 is 46.8 Å². The van der Waals surface area contributed by atoms with Crippen molar-refractivity contribution in [3.63, 3.8) is 0 Å². The Morgan fingerprint density at radius 3 is 2.56 bits per heavy atom. The summed E-state index contributed by atoms with van der Waals surface area (Å²) in [5, 5.41) is 10.2. The van der Waals surface area contributed by atoms with Crippen molar-refractivity contribution in [3.05, 3.63) is 12.7 Å². The molecule has 3 heterocycles. The van der Waals surface area contributed by atoms with Crippen molar-refractivity contribution in [2.24, 2.45) is 0 Å². The molecule has 3 N–H and O–H groups in total. The Balaban J connectivity index is 1.95. The summed E-state index contributed by atoms with van der Waals surface area (Å²) in [4.78, 5) is 54.8. The molecule has 3 rings (SSSR count). The highest BCUT2D eigenvalue weighted by molar-refractivity contribution is 7.43. The van der Waals surface area contributed by atoms with Crippen molar-refractivity contribution in [3.8, 4) is 0 Å². The van der Waals surface area contributed by atoms with Crippen LogP contribution in [0.2, 0.25) is 0 Å². The molecule has 27 heavy (non-hydrogen) atoms. The lowest BCUT2D eigenvalue weighted by Crippen LogP contribution is -2.38. The SMILES string of the molecule is Nc1ncnc2c1ncn2[C@@H]1O[C@H](COP(=O)([O-])[O-])[C@@H](O)[C@H]1OP(=O)([O-])[O-]. The molecule has 0 saturated carbocycles. The van der Waals surface area contributed by atoms with Crippen LogP contribution < -0.4 is 25.3 Å². The zero-order valence-corrected chi connectivity index (χ0v) is 14.8. The van der Waals surface area contributed by atoms with Crippen molar-refractivity contribution < 1.29 is 47.6 Å². The Kier molecular flexibility index (Phi) is 5.35. The minimum Gasteiger partial charge on any atom is -0.790 e. The number of ether oxygens (including phenoxy) is 1. The number of imidazole rings is 1. The number of rotatable bonds is 6. The number of phosphoric ester groups is 2. The highest BCUT2D eigenvalue weighted by Gasteiger charge is 2.47. The normalized spacial score (nSPS) is 26.7. The average Bonchev–Trinajstić information content (AvgIpc) is 3.07. The first-order chi connectivity index (χ1) is 12.5. The highest BCUT2D eigenvalue weighted by atomic mass is 31.2. The molecule has 15 nitrogen and oxygen atoms in total. The number of aliphatic hydroxyl groups is 1. The Hall–Kier alpha value is -1.51. The van der Waals surface area contributed by atoms with Gasteiger partial charge >= 0.3 is 0 Å². The molecule has 0 aliphatic carbocycles. The molecule has 2 aromatic heterocycles. The quantitative estimate of drug-likeness (QED) is 0.418. The lowest BCUT2D eigenvalue weighted by Gasteiger charge is -2.34. The number of anilines is 1. The first kappa shape index (κ1) is 20.2. The first-order valence-electron chi connectivity index (χ1n) is 7.10. The smallest absolute Gasteiger partial charge is 0.167 e. The number of nitrogen functional groups attached to an aromatic ring is 1. The summed E-state index contributed by atoms with van der Waals surface area (Å²) < 4.78 is 36.5. The van der Waals surface area contributed by atoms with E-state index in [1.54, 1.807) is 0 Å². The predicted molar refractivity (Wildman–Crippen MR) is 75.7 cm³/mol. The van der Waals surface area contributed by atoms with Crippen molar-refractivity contribution in [1.82, 2.24) is 19.5 Å². The van der Waals surface area contributed by atoms with E-state index in [0.717, 1.165) is 17.2 Å². The Morgan fingerprint density at radius 1 is 1.22 bits per heavy atom. The zero-order chi connectivity index (χ0) is 20.0. The van der Waals surface area contributed by atoms with E-state index in [0.29, 0.717) is 0 Å². The Bertz CT molecular complexity index is 926. The van der Waals surface area contributed by atoms with E-state index in [2.05, 4.69) is 24.0 Å². The van der Waals surface area contributed by atoms with Crippen molar-refractivity contribution in [1.29, 1.82) is 0 Å². The highest BCUT2D eigenvalue weighted by Crippen LogP contribution is 2.41. The molecule has 0 amide bonds. The lowest BCUT2D eigenvalue weighted by atomic mass is 10.1. The minimum absolute atomic E-state index is 0.00776. The number of aliphatic hydroxyl groups excluding tert-OH is 1. The summed E-state index contributed by atoms with van der Waals surface area (Å²) >= 11 is 0. The summed E-state index contributed by atoms with van der Waals surface area (Å²) in [7, 11) is -11.0. The Morgan fingerprint density at radius 2 is 1.93 bits per heavy atom. The summed E-state index contributed by atoms with van der Waals surface area (Å²) in [5.74, 6) is -0.00776. The summed E-state index contributed by atoms with van der Waals surface area (Å²) in [6.07, 6.45) is -4.45. The van der Waals surface area contributed by atoms with Crippen LogP contribution in [0, 0.1) is 0 Å². The van der Waals surface area contributed by atoms with Crippen LogP contribution in [0.4, 0.5) is 5.82 Å². The van der Waals surface area contributed by atoms with Gasteiger partial charge in [0.05, 0.1) is 28.6 Å². The number of nitrogens with two attached hydrogens (primary N) is 1. The molecule has 150 valence electrons. The number of hydrogen-bond acceptors (Lipinski definition) is 14. The van der Waals surface area contributed by atoms with Crippen LogP contribution in [0.25, 0.3) is 11.2 Å². The van der Waals surface area contributed by atoms with Crippen LogP contribution >= 0.6 is 15.6 Å². The largest absolute Gasteiger partial charge is 0.790 e. The monoisotopic (exact) mass is 423 g/mol. The topological polar surface area (TPSA) is 244 Å². The molecule has 17 heteroatoms. The van der Waals surface area contributed by atoms with Gasteiger partial charge in [-0.05, 0) is 0 Å². The van der Waals surface area contributed by atoms with Gasteiger partial charge in [-0.1, -0.05) is 0 Å². The third-order valence-electron chi connectivity index (χ3n) is 3.62. The number of phosphoric acid groups is 2. The van der Waals surface area contributed by atoms with E-state index in [1.165, 1.54) is 0 Å². The maximum Gasteiger partial charge on any atom is 0.167 e. The predicted octanol–water partition coefficient (Wildman–Crippen LogP) is -4.27. The van der Waals surface area contributed by atoms with Crippen molar-refractivity contribution in [2.45, 2.75) is 24.5 Å². The fourth-order valence-corrected chi connectivity index (χ4v) is 3.42. The zero-order valence-electron chi connectivity index (χ0n) is 13.1. The van der Waals surface area contributed by atoms with Gasteiger partial charge in [0.2, 0.25) is 0 Å². The molecule has 0 spiro atoms. The first-order valence-corrected chi connectivity index (χ1v) is 10.0. The second kappa shape index (κ2) is 7.14. The van der Waals surface area contributed by atoms with Crippen molar-refractivity contribution >= 4 is 32.6 Å². The molecule has 1 fully saturated rings. The van der Waals surface area contributed by atoms with E-state index in [9.17, 15) is 33.8 Å². The van der Waals surface area contributed by atoms with E-state index in [-0.39, 0.29) is 17.0 Å². The van der Waals surface area contributed by atoms with Gasteiger partial charge in [0, 0.05) is 0 Å². The molecule has 4 atom stereocenters. The third-order valence-corrected chi connectivity index (χ3v) is 4.59. The fourth-order valence-electron chi connectivity index (χ4n) is 2.56. The molecule has 2 aromatic rings. The summed E-state index contributed by atoms with van der Waals surface area (Å²) in [5.41, 5.74) is 5.81. The van der Waals surface area contributed by atoms with Gasteiger partial charge in [0.15, 0.2) is 17.7 Å². The molecule has 0 bridgehead atoms. The average molecular weight is 423 g/mol. The summed E-state index contributed by atoms with van der Waals surface area (Å²) in [6, 6.07) is 0. The fraction of sp³-hybridized carbons (Fsp3) is 0.500. The van der Waals surface area contributed by atoms with Crippen LogP contribution in [-0.2, 0) is 22.9 Å². The van der Waals surface area contributed by atoms with Gasteiger partial charge in [-0.15, -0.1) is 0 Å². The lowest BCUT2D eigenvalue weighted by molar-refractivity contribution is -0.348. The van der Waals surface area contributed by atoms with Gasteiger partial charge in [-0.3, -0.25) is 4.57 Å². The van der Waals surface area contributed by atoms with Crippen LogP contribution in [0.3, 0.4) is 0 Å². The van der Waals surface area contributed by atoms with Gasteiger partial charge in [0.25, 0.3) is 0 Å². The van der Waals surface area contributed by atoms with Gasteiger partial charge in [-0.25, -0.2) is 15.0 Å². The minimum atomic E-state index is -5.59. The van der Waals surface area contributed by atoms with Crippen LogP contribution in [0.5, 0.6) is 0 Å². The Labute approximate surface area is 150 Å². The van der Waals surface area contributed by atoms with Gasteiger partial charge in [-0.2, -0.15) is 0 Å². The molecular formula is C10H11N5O10P2-4. The number of hydrogen-bond donors (Lipinski definition) is 2. The third kappa shape index (κ3) is 4.50. The number of aromatic nitrogens is 4. The van der Waals surface area contributed by atoms with E-state index in [1.807, 2.05) is 0 Å². The van der Waals surface area contributed by atoms with Crippen LogP contribution in [0.1, 0.15) is 6.23 Å². The number of nitrogens with zero attached hydrogens (tertiary/aromatic N) is 4. The maximum absolute atomic E-state index is 11.0. The number of fused-ring (bicyclic) bond motifs is 1. The molecule has 0 unspecified atom stereocenters. The molecule has 1 aliphatic rings. The van der Waals surface area contributed by atoms with Crippen molar-refractivity contribution in [2.75, 3.05) is 12.3 Å². The second-order valence-electron chi connectivity index (χ2n) is 5.40. The molecule has 0 radical (unpaired) electrons. The molecule has 1 saturated heterocycles. The van der Waals surface area contributed by atoms with Gasteiger partial charge in [0.1, 0.15) is 30.2 Å². The standard InChI is InChI=1S/C10H15N5O10P2/c11-8-5-9(13-2-12-8)15(3-14-5)10-7(25-27(20,21)22)6(16)4(24-10)1-23-26(17,18)19/h2-4,6-7,10,16H,1H2,(H2,11,12,13)(H2,17,18,19)(H2,20,21,22)/p-4/t4-,6-,7-,10-/m1/s1. The maximum atomic E-state index is 11.0. The second-order valence-corrected chi connectivity index (χ2v) is 7.66.